The summed E-state index contributed by atoms with van der Waals surface area (Å²) in [5, 5.41) is 6.94. The van der Waals surface area contributed by atoms with Crippen LogP contribution in [0.3, 0.4) is 0 Å². The Morgan fingerprint density at radius 3 is 3.05 bits per heavy atom. The molecule has 1 unspecified atom stereocenters. The minimum atomic E-state index is 0.701. The van der Waals surface area contributed by atoms with Gasteiger partial charge in [0.1, 0.15) is 5.01 Å². The van der Waals surface area contributed by atoms with Gasteiger partial charge in [-0.3, -0.25) is 4.90 Å². The van der Waals surface area contributed by atoms with Crippen molar-refractivity contribution in [2.45, 2.75) is 59.2 Å². The van der Waals surface area contributed by atoms with Crippen LogP contribution in [0.5, 0.6) is 0 Å². The lowest BCUT2D eigenvalue weighted by molar-refractivity contribution is 0.152. The smallest absolute Gasteiger partial charge is 0.107 e. The molecule has 2 rings (SSSR count). The average molecular weight is 281 g/mol. The third kappa shape index (κ3) is 4.86. The highest BCUT2D eigenvalue weighted by atomic mass is 32.1. The molecule has 0 saturated carbocycles. The normalized spacial score (nSPS) is 21.2. The SMILES string of the molecule is CC(C)CNCc1csc(CN2CCCCC2C)n1. The number of piperidine rings is 1. The molecule has 1 fully saturated rings. The molecule has 1 aromatic heterocycles. The van der Waals surface area contributed by atoms with Crippen LogP contribution in [-0.2, 0) is 13.1 Å². The molecule has 0 aromatic carbocycles. The van der Waals surface area contributed by atoms with Gasteiger partial charge in [0.2, 0.25) is 0 Å². The van der Waals surface area contributed by atoms with Gasteiger partial charge in [0, 0.05) is 18.0 Å². The van der Waals surface area contributed by atoms with Crippen molar-refractivity contribution in [1.82, 2.24) is 15.2 Å². The standard InChI is InChI=1S/C15H27N3S/c1-12(2)8-16-9-14-11-19-15(17-14)10-18-7-5-4-6-13(18)3/h11-13,16H,4-10H2,1-3H3. The Hall–Kier alpha value is -0.450. The lowest BCUT2D eigenvalue weighted by Gasteiger charge is -2.32. The molecular formula is C15H27N3S. The van der Waals surface area contributed by atoms with Crippen LogP contribution < -0.4 is 5.32 Å². The average Bonchev–Trinajstić information content (AvgIpc) is 2.79. The zero-order chi connectivity index (χ0) is 13.7. The fraction of sp³-hybridized carbons (Fsp3) is 0.800. The zero-order valence-corrected chi connectivity index (χ0v) is 13.3. The number of likely N-dealkylation sites (tertiary alicyclic amines) is 1. The number of nitrogens with one attached hydrogen (secondary N) is 1. The summed E-state index contributed by atoms with van der Waals surface area (Å²) in [6, 6.07) is 0.722. The molecule has 1 aliphatic heterocycles. The van der Waals surface area contributed by atoms with Crippen molar-refractivity contribution in [3.63, 3.8) is 0 Å². The van der Waals surface area contributed by atoms with E-state index < -0.39 is 0 Å². The fourth-order valence-electron chi connectivity index (χ4n) is 2.56. The third-order valence-corrected chi connectivity index (χ3v) is 4.62. The van der Waals surface area contributed by atoms with E-state index in [0.29, 0.717) is 5.92 Å². The molecule has 2 heterocycles. The second-order valence-electron chi connectivity index (χ2n) is 6.07. The number of hydrogen-bond acceptors (Lipinski definition) is 4. The van der Waals surface area contributed by atoms with E-state index in [0.717, 1.165) is 25.7 Å². The lowest BCUT2D eigenvalue weighted by Crippen LogP contribution is -2.36. The van der Waals surface area contributed by atoms with Crippen LogP contribution in [-0.4, -0.2) is 29.0 Å². The Morgan fingerprint density at radius 1 is 1.47 bits per heavy atom. The van der Waals surface area contributed by atoms with Gasteiger partial charge < -0.3 is 5.32 Å². The van der Waals surface area contributed by atoms with E-state index in [4.69, 9.17) is 4.98 Å². The van der Waals surface area contributed by atoms with Crippen molar-refractivity contribution in [2.24, 2.45) is 5.92 Å². The van der Waals surface area contributed by atoms with E-state index in [1.165, 1.54) is 36.5 Å². The largest absolute Gasteiger partial charge is 0.311 e. The van der Waals surface area contributed by atoms with Crippen LogP contribution in [0.4, 0.5) is 0 Å². The van der Waals surface area contributed by atoms with Crippen molar-refractivity contribution in [3.8, 4) is 0 Å². The van der Waals surface area contributed by atoms with Crippen molar-refractivity contribution < 1.29 is 0 Å². The molecule has 108 valence electrons. The van der Waals surface area contributed by atoms with Crippen molar-refractivity contribution >= 4 is 11.3 Å². The van der Waals surface area contributed by atoms with Gasteiger partial charge in [0.15, 0.2) is 0 Å². The zero-order valence-electron chi connectivity index (χ0n) is 12.5. The second kappa shape index (κ2) is 7.36. The lowest BCUT2D eigenvalue weighted by atomic mass is 10.0. The Labute approximate surface area is 121 Å². The number of hydrogen-bond donors (Lipinski definition) is 1. The monoisotopic (exact) mass is 281 g/mol. The van der Waals surface area contributed by atoms with E-state index in [9.17, 15) is 0 Å². The fourth-order valence-corrected chi connectivity index (χ4v) is 3.38. The molecule has 0 aliphatic carbocycles. The molecular weight excluding hydrogens is 254 g/mol. The molecule has 0 bridgehead atoms. The summed E-state index contributed by atoms with van der Waals surface area (Å²) in [5.41, 5.74) is 1.20. The van der Waals surface area contributed by atoms with Crippen LogP contribution in [0.1, 0.15) is 50.7 Å². The Kier molecular flexibility index (Phi) is 5.79. The topological polar surface area (TPSA) is 28.2 Å². The number of thiazole rings is 1. The highest BCUT2D eigenvalue weighted by Gasteiger charge is 2.19. The molecule has 3 nitrogen and oxygen atoms in total. The van der Waals surface area contributed by atoms with Crippen LogP contribution in [0, 0.1) is 5.92 Å². The maximum absolute atomic E-state index is 4.75. The first kappa shape index (κ1) is 14.9. The van der Waals surface area contributed by atoms with Crippen LogP contribution in [0.2, 0.25) is 0 Å². The van der Waals surface area contributed by atoms with Gasteiger partial charge in [-0.1, -0.05) is 20.3 Å². The summed E-state index contributed by atoms with van der Waals surface area (Å²) in [6.45, 7) is 11.1. The summed E-state index contributed by atoms with van der Waals surface area (Å²) in [6.07, 6.45) is 4.08. The Bertz CT molecular complexity index is 375. The number of aromatic nitrogens is 1. The molecule has 0 spiro atoms. The third-order valence-electron chi connectivity index (χ3n) is 3.74. The molecule has 1 aromatic rings. The maximum Gasteiger partial charge on any atom is 0.107 e. The highest BCUT2D eigenvalue weighted by Crippen LogP contribution is 2.20. The van der Waals surface area contributed by atoms with Gasteiger partial charge in [0.25, 0.3) is 0 Å². The minimum absolute atomic E-state index is 0.701. The summed E-state index contributed by atoms with van der Waals surface area (Å²) in [7, 11) is 0. The first-order valence-corrected chi connectivity index (χ1v) is 8.41. The molecule has 1 aliphatic rings. The van der Waals surface area contributed by atoms with Crippen molar-refractivity contribution in [3.05, 3.63) is 16.1 Å². The molecule has 1 atom stereocenters. The molecule has 0 amide bonds. The van der Waals surface area contributed by atoms with Gasteiger partial charge in [-0.15, -0.1) is 11.3 Å². The number of rotatable bonds is 6. The second-order valence-corrected chi connectivity index (χ2v) is 7.02. The summed E-state index contributed by atoms with van der Waals surface area (Å²) in [5.74, 6) is 0.701. The quantitative estimate of drug-likeness (QED) is 0.867. The van der Waals surface area contributed by atoms with Crippen LogP contribution in [0.15, 0.2) is 5.38 Å². The van der Waals surface area contributed by atoms with Gasteiger partial charge in [-0.2, -0.15) is 0 Å². The van der Waals surface area contributed by atoms with Crippen LogP contribution >= 0.6 is 11.3 Å². The van der Waals surface area contributed by atoms with Crippen molar-refractivity contribution in [1.29, 1.82) is 0 Å². The number of nitrogens with zero attached hydrogens (tertiary/aromatic N) is 2. The van der Waals surface area contributed by atoms with E-state index in [1.54, 1.807) is 0 Å². The molecule has 1 saturated heterocycles. The molecule has 4 heteroatoms. The Balaban J connectivity index is 1.79. The molecule has 1 N–H and O–H groups in total. The van der Waals surface area contributed by atoms with E-state index in [1.807, 2.05) is 11.3 Å². The van der Waals surface area contributed by atoms with E-state index >= 15 is 0 Å². The highest BCUT2D eigenvalue weighted by molar-refractivity contribution is 7.09. The van der Waals surface area contributed by atoms with Crippen LogP contribution in [0.25, 0.3) is 0 Å². The van der Waals surface area contributed by atoms with Gasteiger partial charge in [0.05, 0.1) is 12.2 Å². The van der Waals surface area contributed by atoms with Crippen molar-refractivity contribution in [2.75, 3.05) is 13.1 Å². The summed E-state index contributed by atoms with van der Waals surface area (Å²) < 4.78 is 0. The molecule has 19 heavy (non-hydrogen) atoms. The first-order chi connectivity index (χ1) is 9.15. The van der Waals surface area contributed by atoms with Gasteiger partial charge in [-0.05, 0) is 38.8 Å². The van der Waals surface area contributed by atoms with E-state index in [2.05, 4.69) is 36.4 Å². The summed E-state index contributed by atoms with van der Waals surface area (Å²) >= 11 is 1.81. The summed E-state index contributed by atoms with van der Waals surface area (Å²) in [4.78, 5) is 7.33. The predicted octanol–water partition coefficient (Wildman–Crippen LogP) is 3.26. The predicted molar refractivity (Wildman–Crippen MR) is 82.4 cm³/mol. The maximum atomic E-state index is 4.75. The Morgan fingerprint density at radius 2 is 2.32 bits per heavy atom. The van der Waals surface area contributed by atoms with Gasteiger partial charge >= 0.3 is 0 Å². The minimum Gasteiger partial charge on any atom is -0.311 e. The van der Waals surface area contributed by atoms with E-state index in [-0.39, 0.29) is 0 Å². The first-order valence-electron chi connectivity index (χ1n) is 7.53. The molecule has 0 radical (unpaired) electrons. The van der Waals surface area contributed by atoms with Gasteiger partial charge in [-0.25, -0.2) is 4.98 Å².